The van der Waals surface area contributed by atoms with E-state index in [-0.39, 0.29) is 25.0 Å². The highest BCUT2D eigenvalue weighted by Crippen LogP contribution is 2.27. The number of aromatic nitrogens is 2. The average Bonchev–Trinajstić information content (AvgIpc) is 2.59. The van der Waals surface area contributed by atoms with E-state index in [4.69, 9.17) is 10.5 Å². The third-order valence-corrected chi connectivity index (χ3v) is 2.99. The van der Waals surface area contributed by atoms with Gasteiger partial charge in [0.1, 0.15) is 11.4 Å². The number of benzene rings is 1. The summed E-state index contributed by atoms with van der Waals surface area (Å²) in [5, 5.41) is 5.55. The number of guanidine groups is 1. The SMILES string of the molecule is COc1ccccc1NC(N)=NCCNc1nccc(C(F)(F)F)n1. The van der Waals surface area contributed by atoms with Gasteiger partial charge in [0.05, 0.1) is 19.3 Å². The molecule has 7 nitrogen and oxygen atoms in total. The lowest BCUT2D eigenvalue weighted by Crippen LogP contribution is -2.24. The van der Waals surface area contributed by atoms with E-state index in [0.29, 0.717) is 11.4 Å². The largest absolute Gasteiger partial charge is 0.495 e. The van der Waals surface area contributed by atoms with Crippen molar-refractivity contribution < 1.29 is 17.9 Å². The summed E-state index contributed by atoms with van der Waals surface area (Å²) in [4.78, 5) is 11.2. The van der Waals surface area contributed by atoms with Crippen LogP contribution in [0.3, 0.4) is 0 Å². The van der Waals surface area contributed by atoms with Crippen molar-refractivity contribution in [3.63, 3.8) is 0 Å². The van der Waals surface area contributed by atoms with Gasteiger partial charge in [-0.25, -0.2) is 9.97 Å². The number of anilines is 2. The summed E-state index contributed by atoms with van der Waals surface area (Å²) in [5.41, 5.74) is 5.41. The van der Waals surface area contributed by atoms with E-state index in [0.717, 1.165) is 12.3 Å². The van der Waals surface area contributed by atoms with Gasteiger partial charge in [0.25, 0.3) is 0 Å². The van der Waals surface area contributed by atoms with Gasteiger partial charge >= 0.3 is 6.18 Å². The molecule has 10 heteroatoms. The van der Waals surface area contributed by atoms with Crippen LogP contribution in [0.1, 0.15) is 5.69 Å². The van der Waals surface area contributed by atoms with Crippen LogP contribution in [0.15, 0.2) is 41.5 Å². The van der Waals surface area contributed by atoms with Crippen molar-refractivity contribution in [1.82, 2.24) is 9.97 Å². The molecule has 0 spiro atoms. The van der Waals surface area contributed by atoms with E-state index in [9.17, 15) is 13.2 Å². The molecular formula is C15H17F3N6O. The predicted octanol–water partition coefficient (Wildman–Crippen LogP) is 2.34. The maximum atomic E-state index is 12.6. The Morgan fingerprint density at radius 3 is 2.76 bits per heavy atom. The van der Waals surface area contributed by atoms with Crippen molar-refractivity contribution in [2.75, 3.05) is 30.8 Å². The molecule has 0 radical (unpaired) electrons. The predicted molar refractivity (Wildman–Crippen MR) is 88.6 cm³/mol. The third-order valence-electron chi connectivity index (χ3n) is 2.99. The Labute approximate surface area is 142 Å². The number of nitrogens with two attached hydrogens (primary N) is 1. The summed E-state index contributed by atoms with van der Waals surface area (Å²) in [6.45, 7) is 0.434. The topological polar surface area (TPSA) is 97.5 Å². The highest BCUT2D eigenvalue weighted by atomic mass is 19.4. The number of halogens is 3. The standard InChI is InChI=1S/C15H17F3N6O/c1-25-11-5-3-2-4-10(11)23-13(19)20-8-9-22-14-21-7-6-12(24-14)15(16,17)18/h2-7H,8-9H2,1H3,(H3,19,20,23)(H,21,22,24). The maximum absolute atomic E-state index is 12.6. The highest BCUT2D eigenvalue weighted by molar-refractivity contribution is 5.93. The van der Waals surface area contributed by atoms with Crippen LogP contribution in [0.25, 0.3) is 0 Å². The molecule has 2 rings (SSSR count). The number of hydrogen-bond acceptors (Lipinski definition) is 5. The Morgan fingerprint density at radius 2 is 2.04 bits per heavy atom. The Morgan fingerprint density at radius 1 is 1.28 bits per heavy atom. The first-order chi connectivity index (χ1) is 11.9. The molecule has 1 aromatic carbocycles. The van der Waals surface area contributed by atoms with Crippen molar-refractivity contribution >= 4 is 17.6 Å². The average molecular weight is 354 g/mol. The van der Waals surface area contributed by atoms with Gasteiger partial charge in [0, 0.05) is 12.7 Å². The Kier molecular flexibility index (Phi) is 5.98. The number of nitrogens with one attached hydrogen (secondary N) is 2. The van der Waals surface area contributed by atoms with Crippen LogP contribution in [-0.4, -0.2) is 36.1 Å². The fraction of sp³-hybridized carbons (Fsp3) is 0.267. The Hall–Kier alpha value is -3.04. The number of hydrogen-bond donors (Lipinski definition) is 3. The number of nitrogens with zero attached hydrogens (tertiary/aromatic N) is 3. The number of ether oxygens (including phenoxy) is 1. The van der Waals surface area contributed by atoms with E-state index < -0.39 is 11.9 Å². The van der Waals surface area contributed by atoms with Gasteiger partial charge in [-0.2, -0.15) is 13.2 Å². The molecule has 1 aromatic heterocycles. The minimum atomic E-state index is -4.51. The molecule has 4 N–H and O–H groups in total. The second kappa shape index (κ2) is 8.18. The molecule has 1 heterocycles. The molecule has 0 bridgehead atoms. The van der Waals surface area contributed by atoms with E-state index in [1.807, 2.05) is 12.1 Å². The van der Waals surface area contributed by atoms with Gasteiger partial charge in [0.15, 0.2) is 5.96 Å². The Bertz CT molecular complexity index is 735. The van der Waals surface area contributed by atoms with Crippen molar-refractivity contribution in [3.8, 4) is 5.75 Å². The molecule has 0 fully saturated rings. The van der Waals surface area contributed by atoms with Crippen molar-refractivity contribution in [2.24, 2.45) is 10.7 Å². The second-order valence-corrected chi connectivity index (χ2v) is 4.78. The molecule has 0 amide bonds. The molecule has 0 unspecified atom stereocenters. The van der Waals surface area contributed by atoms with Crippen LogP contribution in [0.4, 0.5) is 24.8 Å². The number of methoxy groups -OCH3 is 1. The monoisotopic (exact) mass is 354 g/mol. The van der Waals surface area contributed by atoms with Gasteiger partial charge in [0.2, 0.25) is 5.95 Å². The molecule has 0 atom stereocenters. The lowest BCUT2D eigenvalue weighted by molar-refractivity contribution is -0.141. The number of rotatable bonds is 6. The van der Waals surface area contributed by atoms with Crippen LogP contribution in [-0.2, 0) is 6.18 Å². The molecule has 0 aliphatic heterocycles. The van der Waals surface area contributed by atoms with Crippen LogP contribution in [0, 0.1) is 0 Å². The normalized spacial score (nSPS) is 11.9. The zero-order chi connectivity index (χ0) is 18.3. The zero-order valence-electron chi connectivity index (χ0n) is 13.3. The van der Waals surface area contributed by atoms with E-state index in [1.165, 1.54) is 7.11 Å². The highest BCUT2D eigenvalue weighted by Gasteiger charge is 2.32. The molecule has 0 aliphatic rings. The van der Waals surface area contributed by atoms with Crippen LogP contribution in [0.5, 0.6) is 5.75 Å². The van der Waals surface area contributed by atoms with Crippen molar-refractivity contribution in [3.05, 3.63) is 42.2 Å². The molecule has 2 aromatic rings. The Balaban J connectivity index is 1.87. The summed E-state index contributed by atoms with van der Waals surface area (Å²) >= 11 is 0. The van der Waals surface area contributed by atoms with Gasteiger partial charge < -0.3 is 21.1 Å². The quantitative estimate of drug-likeness (QED) is 0.419. The van der Waals surface area contributed by atoms with E-state index in [1.54, 1.807) is 12.1 Å². The zero-order valence-corrected chi connectivity index (χ0v) is 13.3. The summed E-state index contributed by atoms with van der Waals surface area (Å²) in [6, 6.07) is 7.97. The fourth-order valence-electron chi connectivity index (χ4n) is 1.87. The van der Waals surface area contributed by atoms with Gasteiger partial charge in [-0.1, -0.05) is 12.1 Å². The third kappa shape index (κ3) is 5.52. The minimum absolute atomic E-state index is 0.124. The molecule has 25 heavy (non-hydrogen) atoms. The first-order valence-electron chi connectivity index (χ1n) is 7.24. The first-order valence-corrected chi connectivity index (χ1v) is 7.24. The molecule has 134 valence electrons. The number of para-hydroxylation sites is 2. The number of alkyl halides is 3. The maximum Gasteiger partial charge on any atom is 0.433 e. The summed E-state index contributed by atoms with van der Waals surface area (Å²) in [5.74, 6) is 0.633. The van der Waals surface area contributed by atoms with E-state index >= 15 is 0 Å². The number of aliphatic imine (C=N–C) groups is 1. The molecule has 0 saturated carbocycles. The molecule has 0 saturated heterocycles. The van der Waals surface area contributed by atoms with Crippen molar-refractivity contribution in [1.29, 1.82) is 0 Å². The molecular weight excluding hydrogens is 337 g/mol. The minimum Gasteiger partial charge on any atom is -0.495 e. The summed E-state index contributed by atoms with van der Waals surface area (Å²) in [7, 11) is 1.53. The second-order valence-electron chi connectivity index (χ2n) is 4.78. The van der Waals surface area contributed by atoms with Gasteiger partial charge in [-0.05, 0) is 18.2 Å². The van der Waals surface area contributed by atoms with Crippen LogP contribution >= 0.6 is 0 Å². The smallest absolute Gasteiger partial charge is 0.433 e. The molecule has 0 aliphatic carbocycles. The van der Waals surface area contributed by atoms with Crippen LogP contribution in [0.2, 0.25) is 0 Å². The van der Waals surface area contributed by atoms with Gasteiger partial charge in [-0.3, -0.25) is 4.99 Å². The fourth-order valence-corrected chi connectivity index (χ4v) is 1.87. The van der Waals surface area contributed by atoms with Gasteiger partial charge in [-0.15, -0.1) is 0 Å². The van der Waals surface area contributed by atoms with Crippen LogP contribution < -0.4 is 21.1 Å². The first kappa shape index (κ1) is 18.3. The lowest BCUT2D eigenvalue weighted by Gasteiger charge is -2.10. The van der Waals surface area contributed by atoms with E-state index in [2.05, 4.69) is 25.6 Å². The summed E-state index contributed by atoms with van der Waals surface area (Å²) < 4.78 is 42.8. The van der Waals surface area contributed by atoms with Crippen molar-refractivity contribution in [2.45, 2.75) is 6.18 Å². The summed E-state index contributed by atoms with van der Waals surface area (Å²) in [6.07, 6.45) is -3.47. The lowest BCUT2D eigenvalue weighted by atomic mass is 10.3.